The molecule has 0 atom stereocenters. The minimum absolute atomic E-state index is 0.0706. The Hall–Kier alpha value is -0.580. The van der Waals surface area contributed by atoms with Gasteiger partial charge in [-0.2, -0.15) is 8.78 Å². The molecule has 12 heavy (non-hydrogen) atoms. The standard InChI is InChI=1S/C7H10F4O/c1-2-3-4-12-5-7(10,11)6(8)9/h2-3,6H,4-5H2,1H3/b3-2+. The fraction of sp³-hybridized carbons (Fsp3) is 0.714. The number of rotatable bonds is 5. The molecule has 72 valence electrons. The van der Waals surface area contributed by atoms with Gasteiger partial charge in [-0.1, -0.05) is 12.2 Å². The first-order chi connectivity index (χ1) is 5.50. The van der Waals surface area contributed by atoms with Gasteiger partial charge in [-0.25, -0.2) is 8.78 Å². The van der Waals surface area contributed by atoms with Crippen LogP contribution < -0.4 is 0 Å². The summed E-state index contributed by atoms with van der Waals surface area (Å²) in [5, 5.41) is 0. The third-order valence-electron chi connectivity index (χ3n) is 1.06. The van der Waals surface area contributed by atoms with Gasteiger partial charge in [0.2, 0.25) is 0 Å². The lowest BCUT2D eigenvalue weighted by atomic mass is 10.4. The van der Waals surface area contributed by atoms with Crippen LogP contribution in [0.5, 0.6) is 0 Å². The Bertz CT molecular complexity index is 144. The van der Waals surface area contributed by atoms with Gasteiger partial charge in [0.05, 0.1) is 6.61 Å². The smallest absolute Gasteiger partial charge is 0.330 e. The number of alkyl halides is 4. The first-order valence-electron chi connectivity index (χ1n) is 3.35. The molecule has 0 bridgehead atoms. The molecule has 0 heterocycles. The fourth-order valence-corrected chi connectivity index (χ4v) is 0.422. The van der Waals surface area contributed by atoms with Gasteiger partial charge < -0.3 is 4.74 Å². The molecule has 0 aliphatic heterocycles. The lowest BCUT2D eigenvalue weighted by Crippen LogP contribution is -2.32. The zero-order chi connectivity index (χ0) is 9.61. The first kappa shape index (κ1) is 11.4. The van der Waals surface area contributed by atoms with Crippen LogP contribution in [-0.4, -0.2) is 25.6 Å². The van der Waals surface area contributed by atoms with E-state index < -0.39 is 19.0 Å². The highest BCUT2D eigenvalue weighted by molar-refractivity contribution is 4.77. The summed E-state index contributed by atoms with van der Waals surface area (Å²) >= 11 is 0. The van der Waals surface area contributed by atoms with E-state index in [1.165, 1.54) is 6.08 Å². The van der Waals surface area contributed by atoms with E-state index >= 15 is 0 Å². The Labute approximate surface area is 68.0 Å². The molecule has 0 saturated heterocycles. The van der Waals surface area contributed by atoms with Crippen LogP contribution in [0.1, 0.15) is 6.92 Å². The quantitative estimate of drug-likeness (QED) is 0.364. The Kier molecular flexibility index (Phi) is 4.89. The Balaban J connectivity index is 3.61. The topological polar surface area (TPSA) is 9.23 Å². The van der Waals surface area contributed by atoms with E-state index in [-0.39, 0.29) is 6.61 Å². The molecule has 0 aromatic carbocycles. The van der Waals surface area contributed by atoms with Crippen LogP contribution in [0, 0.1) is 0 Å². The predicted octanol–water partition coefficient (Wildman–Crippen LogP) is 2.48. The van der Waals surface area contributed by atoms with E-state index in [4.69, 9.17) is 0 Å². The zero-order valence-corrected chi connectivity index (χ0v) is 6.57. The van der Waals surface area contributed by atoms with Crippen LogP contribution in [-0.2, 0) is 4.74 Å². The van der Waals surface area contributed by atoms with Gasteiger partial charge in [0.1, 0.15) is 6.61 Å². The van der Waals surface area contributed by atoms with E-state index in [9.17, 15) is 17.6 Å². The second-order valence-electron chi connectivity index (χ2n) is 2.15. The molecule has 0 saturated carbocycles. The molecule has 0 radical (unpaired) electrons. The van der Waals surface area contributed by atoms with Crippen LogP contribution in [0.2, 0.25) is 0 Å². The molecule has 0 aliphatic carbocycles. The minimum atomic E-state index is -4.04. The largest absolute Gasteiger partial charge is 0.371 e. The van der Waals surface area contributed by atoms with E-state index in [0.717, 1.165) is 0 Å². The van der Waals surface area contributed by atoms with Crippen LogP contribution in [0.3, 0.4) is 0 Å². The summed E-state index contributed by atoms with van der Waals surface area (Å²) in [5.74, 6) is -4.04. The SMILES string of the molecule is C/C=C/COCC(F)(F)C(F)F. The zero-order valence-electron chi connectivity index (χ0n) is 6.57. The number of hydrogen-bond donors (Lipinski definition) is 0. The van der Waals surface area contributed by atoms with Gasteiger partial charge in [-0.3, -0.25) is 0 Å². The second kappa shape index (κ2) is 5.13. The number of hydrogen-bond acceptors (Lipinski definition) is 1. The predicted molar refractivity (Wildman–Crippen MR) is 36.6 cm³/mol. The van der Waals surface area contributed by atoms with Gasteiger partial charge in [-0.15, -0.1) is 0 Å². The molecule has 0 fully saturated rings. The van der Waals surface area contributed by atoms with E-state index in [2.05, 4.69) is 4.74 Å². The summed E-state index contributed by atoms with van der Waals surface area (Å²) in [6.07, 6.45) is -0.620. The van der Waals surface area contributed by atoms with E-state index in [0.29, 0.717) is 0 Å². The van der Waals surface area contributed by atoms with Crippen LogP contribution in [0.25, 0.3) is 0 Å². The van der Waals surface area contributed by atoms with Crippen molar-refractivity contribution in [3.8, 4) is 0 Å². The third kappa shape index (κ3) is 4.33. The molecular weight excluding hydrogens is 176 g/mol. The summed E-state index contributed by atoms with van der Waals surface area (Å²) < 4.78 is 51.4. The van der Waals surface area contributed by atoms with Crippen molar-refractivity contribution >= 4 is 0 Å². The highest BCUT2D eigenvalue weighted by Crippen LogP contribution is 2.22. The molecular formula is C7H10F4O. The average molecular weight is 186 g/mol. The summed E-state index contributed by atoms with van der Waals surface area (Å²) in [4.78, 5) is 0. The minimum Gasteiger partial charge on any atom is -0.371 e. The van der Waals surface area contributed by atoms with Crippen molar-refractivity contribution in [1.29, 1.82) is 0 Å². The monoisotopic (exact) mass is 186 g/mol. The van der Waals surface area contributed by atoms with Gasteiger partial charge in [0, 0.05) is 0 Å². The molecule has 0 rings (SSSR count). The Morgan fingerprint density at radius 2 is 2.00 bits per heavy atom. The normalized spacial score (nSPS) is 13.2. The molecule has 0 N–H and O–H groups in total. The molecule has 0 aromatic rings. The first-order valence-corrected chi connectivity index (χ1v) is 3.35. The summed E-state index contributed by atoms with van der Waals surface area (Å²) in [7, 11) is 0. The van der Waals surface area contributed by atoms with Crippen molar-refractivity contribution in [2.24, 2.45) is 0 Å². The van der Waals surface area contributed by atoms with Crippen LogP contribution in [0.15, 0.2) is 12.2 Å². The van der Waals surface area contributed by atoms with E-state index in [1.54, 1.807) is 13.0 Å². The highest BCUT2D eigenvalue weighted by Gasteiger charge is 2.40. The van der Waals surface area contributed by atoms with Gasteiger partial charge >= 0.3 is 12.3 Å². The summed E-state index contributed by atoms with van der Waals surface area (Å²) in [6, 6.07) is 0. The maximum atomic E-state index is 12.1. The number of halogens is 4. The average Bonchev–Trinajstić information content (AvgIpc) is 1.98. The Morgan fingerprint density at radius 1 is 1.42 bits per heavy atom. The summed E-state index contributed by atoms with van der Waals surface area (Å²) in [6.45, 7) is 0.364. The maximum Gasteiger partial charge on any atom is 0.330 e. The van der Waals surface area contributed by atoms with Crippen molar-refractivity contribution < 1.29 is 22.3 Å². The molecule has 0 aromatic heterocycles. The maximum absolute atomic E-state index is 12.1. The Morgan fingerprint density at radius 3 is 2.42 bits per heavy atom. The van der Waals surface area contributed by atoms with Crippen LogP contribution >= 0.6 is 0 Å². The number of allylic oxidation sites excluding steroid dienone is 1. The van der Waals surface area contributed by atoms with Gasteiger partial charge in [0.15, 0.2) is 0 Å². The van der Waals surface area contributed by atoms with Gasteiger partial charge in [0.25, 0.3) is 0 Å². The second-order valence-corrected chi connectivity index (χ2v) is 2.15. The lowest BCUT2D eigenvalue weighted by Gasteiger charge is -2.13. The van der Waals surface area contributed by atoms with E-state index in [1.807, 2.05) is 0 Å². The molecule has 0 unspecified atom stereocenters. The van der Waals surface area contributed by atoms with Crippen molar-refractivity contribution in [2.75, 3.05) is 13.2 Å². The molecule has 0 amide bonds. The van der Waals surface area contributed by atoms with Gasteiger partial charge in [-0.05, 0) is 6.92 Å². The van der Waals surface area contributed by atoms with Crippen molar-refractivity contribution in [2.45, 2.75) is 19.3 Å². The lowest BCUT2D eigenvalue weighted by molar-refractivity contribution is -0.163. The molecule has 0 aliphatic rings. The van der Waals surface area contributed by atoms with Crippen LogP contribution in [0.4, 0.5) is 17.6 Å². The van der Waals surface area contributed by atoms with Crippen molar-refractivity contribution in [3.05, 3.63) is 12.2 Å². The highest BCUT2D eigenvalue weighted by atomic mass is 19.3. The number of ether oxygens (including phenoxy) is 1. The molecule has 0 spiro atoms. The molecule has 5 heteroatoms. The fourth-order valence-electron chi connectivity index (χ4n) is 0.422. The summed E-state index contributed by atoms with van der Waals surface area (Å²) in [5.41, 5.74) is 0. The third-order valence-corrected chi connectivity index (χ3v) is 1.06. The molecule has 1 nitrogen and oxygen atoms in total. The van der Waals surface area contributed by atoms with Crippen molar-refractivity contribution in [3.63, 3.8) is 0 Å². The van der Waals surface area contributed by atoms with Crippen molar-refractivity contribution in [1.82, 2.24) is 0 Å².